The van der Waals surface area contributed by atoms with Crippen LogP contribution in [0.2, 0.25) is 0 Å². The number of hydrogen-bond donors (Lipinski definition) is 2. The molecule has 0 atom stereocenters. The van der Waals surface area contributed by atoms with Crippen LogP contribution in [0, 0.1) is 0 Å². The Labute approximate surface area is 120 Å². The van der Waals surface area contributed by atoms with Gasteiger partial charge in [0, 0.05) is 5.56 Å². The molecule has 0 fully saturated rings. The van der Waals surface area contributed by atoms with E-state index in [1.54, 1.807) is 36.4 Å². The van der Waals surface area contributed by atoms with Crippen LogP contribution >= 0.6 is 0 Å². The molecule has 21 heavy (non-hydrogen) atoms. The number of carbonyl (C=O) groups excluding carboxylic acids is 1. The monoisotopic (exact) mass is 284 g/mol. The fourth-order valence-corrected chi connectivity index (χ4v) is 1.87. The zero-order chi connectivity index (χ0) is 14.7. The molecule has 0 bridgehead atoms. The van der Waals surface area contributed by atoms with Gasteiger partial charge in [-0.25, -0.2) is 5.43 Å². The van der Waals surface area contributed by atoms with E-state index in [4.69, 9.17) is 9.47 Å². The van der Waals surface area contributed by atoms with Gasteiger partial charge in [-0.3, -0.25) is 4.79 Å². The second kappa shape index (κ2) is 5.54. The number of phenols is 1. The number of rotatable bonds is 3. The van der Waals surface area contributed by atoms with Crippen molar-refractivity contribution < 1.29 is 19.4 Å². The van der Waals surface area contributed by atoms with Crippen LogP contribution in [0.3, 0.4) is 0 Å². The number of nitrogens with one attached hydrogen (secondary N) is 1. The number of fused-ring (bicyclic) bond motifs is 1. The molecule has 2 aromatic rings. The lowest BCUT2D eigenvalue weighted by atomic mass is 10.2. The number of nitrogens with zero attached hydrogens (tertiary/aromatic N) is 1. The number of amides is 1. The van der Waals surface area contributed by atoms with Crippen molar-refractivity contribution in [1.82, 2.24) is 5.43 Å². The van der Waals surface area contributed by atoms with Crippen LogP contribution in [0.5, 0.6) is 17.2 Å². The van der Waals surface area contributed by atoms with Crippen molar-refractivity contribution in [2.45, 2.75) is 0 Å². The van der Waals surface area contributed by atoms with Gasteiger partial charge < -0.3 is 14.6 Å². The van der Waals surface area contributed by atoms with Gasteiger partial charge in [0.1, 0.15) is 5.75 Å². The van der Waals surface area contributed by atoms with Crippen molar-refractivity contribution in [3.63, 3.8) is 0 Å². The van der Waals surface area contributed by atoms with E-state index in [2.05, 4.69) is 10.5 Å². The Kier molecular flexibility index (Phi) is 3.42. The average Bonchev–Trinajstić information content (AvgIpc) is 2.94. The highest BCUT2D eigenvalue weighted by Crippen LogP contribution is 2.32. The molecule has 0 saturated carbocycles. The number of hydrogen-bond acceptors (Lipinski definition) is 5. The van der Waals surface area contributed by atoms with Gasteiger partial charge in [-0.2, -0.15) is 5.10 Å². The minimum absolute atomic E-state index is 0.140. The van der Waals surface area contributed by atoms with Crippen LogP contribution in [-0.2, 0) is 0 Å². The standard InChI is InChI=1S/C15H12N2O4/c18-12-3-1-2-10(6-12)8-16-17-15(19)11-4-5-13-14(7-11)21-9-20-13/h1-8,18H,9H2,(H,17,19)/b16-8-. The summed E-state index contributed by atoms with van der Waals surface area (Å²) >= 11 is 0. The lowest BCUT2D eigenvalue weighted by molar-refractivity contribution is 0.0954. The van der Waals surface area contributed by atoms with Crippen molar-refractivity contribution in [2.75, 3.05) is 6.79 Å². The number of ether oxygens (including phenoxy) is 2. The lowest BCUT2D eigenvalue weighted by Crippen LogP contribution is -2.17. The summed E-state index contributed by atoms with van der Waals surface area (Å²) in [5, 5.41) is 13.2. The van der Waals surface area contributed by atoms with Crippen LogP contribution in [0.25, 0.3) is 0 Å². The highest BCUT2D eigenvalue weighted by atomic mass is 16.7. The Morgan fingerprint density at radius 3 is 2.90 bits per heavy atom. The predicted molar refractivity (Wildman–Crippen MR) is 75.7 cm³/mol. The third-order valence-electron chi connectivity index (χ3n) is 2.88. The van der Waals surface area contributed by atoms with Crippen LogP contribution < -0.4 is 14.9 Å². The minimum Gasteiger partial charge on any atom is -0.508 e. The number of benzene rings is 2. The van der Waals surface area contributed by atoms with E-state index in [1.807, 2.05) is 0 Å². The summed E-state index contributed by atoms with van der Waals surface area (Å²) in [6.07, 6.45) is 1.45. The molecule has 106 valence electrons. The van der Waals surface area contributed by atoms with Crippen molar-refractivity contribution in [3.05, 3.63) is 53.6 Å². The third-order valence-corrected chi connectivity index (χ3v) is 2.88. The van der Waals surface area contributed by atoms with Gasteiger partial charge in [-0.1, -0.05) is 12.1 Å². The molecule has 6 heteroatoms. The van der Waals surface area contributed by atoms with Gasteiger partial charge in [0.05, 0.1) is 6.21 Å². The average molecular weight is 284 g/mol. The Morgan fingerprint density at radius 2 is 2.05 bits per heavy atom. The van der Waals surface area contributed by atoms with Crippen molar-refractivity contribution >= 4 is 12.1 Å². The summed E-state index contributed by atoms with van der Waals surface area (Å²) in [6.45, 7) is 0.163. The fraction of sp³-hybridized carbons (Fsp3) is 0.0667. The van der Waals surface area contributed by atoms with E-state index < -0.39 is 0 Å². The van der Waals surface area contributed by atoms with Crippen molar-refractivity contribution in [1.29, 1.82) is 0 Å². The second-order valence-corrected chi connectivity index (χ2v) is 4.36. The zero-order valence-electron chi connectivity index (χ0n) is 10.9. The number of aromatic hydroxyl groups is 1. The first kappa shape index (κ1) is 13.0. The van der Waals surface area contributed by atoms with Gasteiger partial charge in [-0.15, -0.1) is 0 Å². The minimum atomic E-state index is -0.357. The molecule has 0 radical (unpaired) electrons. The van der Waals surface area contributed by atoms with E-state index >= 15 is 0 Å². The number of carbonyl (C=O) groups is 1. The molecular formula is C15H12N2O4. The maximum Gasteiger partial charge on any atom is 0.271 e. The Balaban J connectivity index is 1.66. The molecule has 1 aliphatic heterocycles. The molecule has 3 rings (SSSR count). The van der Waals surface area contributed by atoms with E-state index in [-0.39, 0.29) is 18.4 Å². The maximum absolute atomic E-state index is 11.9. The predicted octanol–water partition coefficient (Wildman–Crippen LogP) is 1.88. The number of hydrazone groups is 1. The maximum atomic E-state index is 11.9. The highest BCUT2D eigenvalue weighted by molar-refractivity contribution is 5.95. The van der Waals surface area contributed by atoms with Gasteiger partial charge in [0.25, 0.3) is 5.91 Å². The van der Waals surface area contributed by atoms with Crippen LogP contribution in [0.4, 0.5) is 0 Å². The molecule has 0 saturated heterocycles. The van der Waals surface area contributed by atoms with E-state index in [9.17, 15) is 9.90 Å². The molecule has 1 aliphatic rings. The molecule has 2 N–H and O–H groups in total. The molecule has 0 spiro atoms. The summed E-state index contributed by atoms with van der Waals surface area (Å²) in [5.74, 6) is 0.945. The first-order chi connectivity index (χ1) is 10.2. The van der Waals surface area contributed by atoms with Crippen molar-refractivity contribution in [3.8, 4) is 17.2 Å². The van der Waals surface area contributed by atoms with Gasteiger partial charge in [0.2, 0.25) is 6.79 Å². The first-order valence-electron chi connectivity index (χ1n) is 6.24. The molecule has 2 aromatic carbocycles. The zero-order valence-corrected chi connectivity index (χ0v) is 10.9. The molecule has 1 amide bonds. The molecule has 6 nitrogen and oxygen atoms in total. The van der Waals surface area contributed by atoms with E-state index in [1.165, 1.54) is 12.3 Å². The molecule has 0 aromatic heterocycles. The van der Waals surface area contributed by atoms with Crippen molar-refractivity contribution in [2.24, 2.45) is 5.10 Å². The van der Waals surface area contributed by atoms with E-state index in [0.29, 0.717) is 22.6 Å². The SMILES string of the molecule is O=C(N/N=C\c1cccc(O)c1)c1ccc2c(c1)OCO2. The summed E-state index contributed by atoms with van der Waals surface area (Å²) in [4.78, 5) is 11.9. The van der Waals surface area contributed by atoms with Crippen LogP contribution in [-0.4, -0.2) is 24.0 Å². The Morgan fingerprint density at radius 1 is 1.19 bits per heavy atom. The first-order valence-corrected chi connectivity index (χ1v) is 6.24. The normalized spacial score (nSPS) is 12.6. The lowest BCUT2D eigenvalue weighted by Gasteiger charge is -2.01. The topological polar surface area (TPSA) is 80.2 Å². The van der Waals surface area contributed by atoms with Gasteiger partial charge >= 0.3 is 0 Å². The highest BCUT2D eigenvalue weighted by Gasteiger charge is 2.15. The van der Waals surface area contributed by atoms with Crippen LogP contribution in [0.15, 0.2) is 47.6 Å². The van der Waals surface area contributed by atoms with Gasteiger partial charge in [0.15, 0.2) is 11.5 Å². The molecule has 0 aliphatic carbocycles. The quantitative estimate of drug-likeness (QED) is 0.666. The Bertz CT molecular complexity index is 713. The third kappa shape index (κ3) is 2.94. The summed E-state index contributed by atoms with van der Waals surface area (Å²) in [6, 6.07) is 11.5. The van der Waals surface area contributed by atoms with Crippen LogP contribution in [0.1, 0.15) is 15.9 Å². The molecular weight excluding hydrogens is 272 g/mol. The van der Waals surface area contributed by atoms with E-state index in [0.717, 1.165) is 0 Å². The number of phenolic OH excluding ortho intramolecular Hbond substituents is 1. The fourth-order valence-electron chi connectivity index (χ4n) is 1.87. The largest absolute Gasteiger partial charge is 0.508 e. The summed E-state index contributed by atoms with van der Waals surface area (Å²) in [7, 11) is 0. The second-order valence-electron chi connectivity index (χ2n) is 4.36. The smallest absolute Gasteiger partial charge is 0.271 e. The molecule has 1 heterocycles. The summed E-state index contributed by atoms with van der Waals surface area (Å²) < 4.78 is 10.4. The van der Waals surface area contributed by atoms with Gasteiger partial charge in [-0.05, 0) is 35.9 Å². The molecule has 0 unspecified atom stereocenters. The Hall–Kier alpha value is -3.02. The summed E-state index contributed by atoms with van der Waals surface area (Å²) in [5.41, 5.74) is 3.52.